The van der Waals surface area contributed by atoms with Gasteiger partial charge in [0.15, 0.2) is 0 Å². The SMILES string of the molecule is COCC1CCCN1/N=C(\C)CC(C)C. The Morgan fingerprint density at radius 3 is 2.87 bits per heavy atom. The molecule has 0 amide bonds. The summed E-state index contributed by atoms with van der Waals surface area (Å²) in [6.45, 7) is 8.48. The van der Waals surface area contributed by atoms with Crippen molar-refractivity contribution >= 4 is 5.71 Å². The van der Waals surface area contributed by atoms with Crippen molar-refractivity contribution in [3.05, 3.63) is 0 Å². The second kappa shape index (κ2) is 6.11. The third-order valence-corrected chi connectivity index (χ3v) is 2.71. The van der Waals surface area contributed by atoms with Crippen LogP contribution >= 0.6 is 0 Å². The predicted molar refractivity (Wildman–Crippen MR) is 64.2 cm³/mol. The summed E-state index contributed by atoms with van der Waals surface area (Å²) in [6, 6.07) is 0.497. The van der Waals surface area contributed by atoms with Gasteiger partial charge in [0.05, 0.1) is 12.6 Å². The predicted octanol–water partition coefficient (Wildman–Crippen LogP) is 2.52. The molecular formula is C12H24N2O. The lowest BCUT2D eigenvalue weighted by Crippen LogP contribution is -2.29. The molecule has 1 saturated heterocycles. The molecule has 0 aromatic rings. The molecule has 1 rings (SSSR count). The fourth-order valence-electron chi connectivity index (χ4n) is 2.16. The summed E-state index contributed by atoms with van der Waals surface area (Å²) in [5, 5.41) is 6.90. The van der Waals surface area contributed by atoms with Crippen LogP contribution in [0.5, 0.6) is 0 Å². The van der Waals surface area contributed by atoms with Crippen molar-refractivity contribution in [2.24, 2.45) is 11.0 Å². The maximum Gasteiger partial charge on any atom is 0.0704 e. The van der Waals surface area contributed by atoms with Crippen LogP contribution in [0.2, 0.25) is 0 Å². The molecule has 0 aromatic carbocycles. The van der Waals surface area contributed by atoms with E-state index in [9.17, 15) is 0 Å². The maximum absolute atomic E-state index is 5.21. The molecule has 0 aliphatic carbocycles. The van der Waals surface area contributed by atoms with Gasteiger partial charge in [0.2, 0.25) is 0 Å². The molecular weight excluding hydrogens is 188 g/mol. The number of hydrogen-bond acceptors (Lipinski definition) is 3. The Bertz CT molecular complexity index is 214. The van der Waals surface area contributed by atoms with E-state index in [2.05, 4.69) is 30.9 Å². The van der Waals surface area contributed by atoms with E-state index in [4.69, 9.17) is 4.74 Å². The van der Waals surface area contributed by atoms with E-state index >= 15 is 0 Å². The second-order valence-electron chi connectivity index (χ2n) is 4.85. The van der Waals surface area contributed by atoms with Crippen LogP contribution in [-0.2, 0) is 4.74 Å². The molecule has 1 heterocycles. The summed E-state index contributed by atoms with van der Waals surface area (Å²) in [6.07, 6.45) is 3.55. The first-order chi connectivity index (χ1) is 7.13. The van der Waals surface area contributed by atoms with E-state index in [0.29, 0.717) is 12.0 Å². The first kappa shape index (κ1) is 12.5. The summed E-state index contributed by atoms with van der Waals surface area (Å²) >= 11 is 0. The van der Waals surface area contributed by atoms with Crippen LogP contribution in [0.25, 0.3) is 0 Å². The van der Waals surface area contributed by atoms with Crippen LogP contribution in [0.1, 0.15) is 40.0 Å². The third-order valence-electron chi connectivity index (χ3n) is 2.71. The average molecular weight is 212 g/mol. The van der Waals surface area contributed by atoms with E-state index in [1.54, 1.807) is 7.11 Å². The number of hydrazone groups is 1. The Morgan fingerprint density at radius 2 is 2.27 bits per heavy atom. The fourth-order valence-corrected chi connectivity index (χ4v) is 2.16. The number of hydrogen-bond donors (Lipinski definition) is 0. The zero-order valence-corrected chi connectivity index (χ0v) is 10.5. The van der Waals surface area contributed by atoms with Crippen molar-refractivity contribution in [3.8, 4) is 0 Å². The highest BCUT2D eigenvalue weighted by atomic mass is 16.5. The van der Waals surface area contributed by atoms with E-state index in [0.717, 1.165) is 19.6 Å². The van der Waals surface area contributed by atoms with Crippen molar-refractivity contribution in [3.63, 3.8) is 0 Å². The van der Waals surface area contributed by atoms with Gasteiger partial charge >= 0.3 is 0 Å². The quantitative estimate of drug-likeness (QED) is 0.654. The van der Waals surface area contributed by atoms with Crippen molar-refractivity contribution in [1.29, 1.82) is 0 Å². The van der Waals surface area contributed by atoms with E-state index < -0.39 is 0 Å². The van der Waals surface area contributed by atoms with Gasteiger partial charge in [0.25, 0.3) is 0 Å². The molecule has 0 saturated carbocycles. The van der Waals surface area contributed by atoms with Gasteiger partial charge in [-0.05, 0) is 32.1 Å². The van der Waals surface area contributed by atoms with Crippen molar-refractivity contribution in [2.45, 2.75) is 46.1 Å². The standard InChI is InChI=1S/C12H24N2O/c1-10(2)8-11(3)13-14-7-5-6-12(14)9-15-4/h10,12H,5-9H2,1-4H3/b13-11+. The monoisotopic (exact) mass is 212 g/mol. The van der Waals surface area contributed by atoms with Crippen molar-refractivity contribution in [2.75, 3.05) is 20.3 Å². The minimum atomic E-state index is 0.497. The van der Waals surface area contributed by atoms with Crippen LogP contribution in [0.3, 0.4) is 0 Å². The molecule has 1 unspecified atom stereocenters. The van der Waals surface area contributed by atoms with Gasteiger partial charge in [-0.3, -0.25) is 5.01 Å². The highest BCUT2D eigenvalue weighted by Crippen LogP contribution is 2.18. The second-order valence-corrected chi connectivity index (χ2v) is 4.85. The van der Waals surface area contributed by atoms with Crippen molar-refractivity contribution < 1.29 is 4.74 Å². The summed E-state index contributed by atoms with van der Waals surface area (Å²) < 4.78 is 5.21. The lowest BCUT2D eigenvalue weighted by molar-refractivity contribution is 0.117. The van der Waals surface area contributed by atoms with Crippen LogP contribution < -0.4 is 0 Å². The van der Waals surface area contributed by atoms with Gasteiger partial charge in [0.1, 0.15) is 0 Å². The fraction of sp³-hybridized carbons (Fsp3) is 0.917. The van der Waals surface area contributed by atoms with Crippen molar-refractivity contribution in [1.82, 2.24) is 5.01 Å². The molecule has 1 atom stereocenters. The number of rotatable bonds is 5. The minimum Gasteiger partial charge on any atom is -0.382 e. The maximum atomic E-state index is 5.21. The Kier molecular flexibility index (Phi) is 5.09. The Morgan fingerprint density at radius 1 is 1.53 bits per heavy atom. The van der Waals surface area contributed by atoms with Gasteiger partial charge in [-0.15, -0.1) is 0 Å². The first-order valence-electron chi connectivity index (χ1n) is 5.93. The van der Waals surface area contributed by atoms with Gasteiger partial charge < -0.3 is 4.74 Å². The normalized spacial score (nSPS) is 22.9. The van der Waals surface area contributed by atoms with Crippen LogP contribution in [-0.4, -0.2) is 37.0 Å². The molecule has 0 aromatic heterocycles. The van der Waals surface area contributed by atoms with E-state index in [1.165, 1.54) is 18.6 Å². The zero-order valence-electron chi connectivity index (χ0n) is 10.5. The lowest BCUT2D eigenvalue weighted by Gasteiger charge is -2.22. The molecule has 0 spiro atoms. The molecule has 88 valence electrons. The van der Waals surface area contributed by atoms with E-state index in [-0.39, 0.29) is 0 Å². The smallest absolute Gasteiger partial charge is 0.0704 e. The third kappa shape index (κ3) is 4.20. The first-order valence-corrected chi connectivity index (χ1v) is 5.93. The number of ether oxygens (including phenoxy) is 1. The van der Waals surface area contributed by atoms with Gasteiger partial charge in [-0.1, -0.05) is 13.8 Å². The van der Waals surface area contributed by atoms with Gasteiger partial charge in [0, 0.05) is 19.4 Å². The molecule has 3 heteroatoms. The van der Waals surface area contributed by atoms with Crippen LogP contribution in [0, 0.1) is 5.92 Å². The Balaban J connectivity index is 2.47. The Hall–Kier alpha value is -0.570. The average Bonchev–Trinajstić information content (AvgIpc) is 2.52. The summed E-state index contributed by atoms with van der Waals surface area (Å²) in [5.41, 5.74) is 1.24. The largest absolute Gasteiger partial charge is 0.382 e. The Labute approximate surface area is 93.5 Å². The highest BCUT2D eigenvalue weighted by Gasteiger charge is 2.22. The summed E-state index contributed by atoms with van der Waals surface area (Å²) in [7, 11) is 1.77. The highest BCUT2D eigenvalue weighted by molar-refractivity contribution is 5.81. The topological polar surface area (TPSA) is 24.8 Å². The molecule has 15 heavy (non-hydrogen) atoms. The summed E-state index contributed by atoms with van der Waals surface area (Å²) in [5.74, 6) is 0.692. The van der Waals surface area contributed by atoms with Crippen LogP contribution in [0.15, 0.2) is 5.10 Å². The molecule has 1 aliphatic rings. The molecule has 1 aliphatic heterocycles. The molecule has 3 nitrogen and oxygen atoms in total. The van der Waals surface area contributed by atoms with Gasteiger partial charge in [-0.2, -0.15) is 5.10 Å². The number of methoxy groups -OCH3 is 1. The molecule has 1 fully saturated rings. The van der Waals surface area contributed by atoms with E-state index in [1.807, 2.05) is 0 Å². The molecule has 0 bridgehead atoms. The number of nitrogens with zero attached hydrogens (tertiary/aromatic N) is 2. The molecule has 0 N–H and O–H groups in total. The minimum absolute atomic E-state index is 0.497. The molecule has 0 radical (unpaired) electrons. The lowest BCUT2D eigenvalue weighted by atomic mass is 10.1. The zero-order chi connectivity index (χ0) is 11.3. The van der Waals surface area contributed by atoms with Crippen LogP contribution in [0.4, 0.5) is 0 Å². The van der Waals surface area contributed by atoms with Gasteiger partial charge in [-0.25, -0.2) is 0 Å². The summed E-state index contributed by atoms with van der Waals surface area (Å²) in [4.78, 5) is 0.